The van der Waals surface area contributed by atoms with Crippen LogP contribution in [0.1, 0.15) is 21.5 Å². The Hall–Kier alpha value is -3.34. The molecule has 0 unspecified atom stereocenters. The van der Waals surface area contributed by atoms with Crippen LogP contribution in [0.25, 0.3) is 33.7 Å². The lowest BCUT2D eigenvalue weighted by Gasteiger charge is -2.02. The van der Waals surface area contributed by atoms with E-state index in [2.05, 4.69) is 23.0 Å². The molecule has 25 heavy (non-hydrogen) atoms. The number of aromatic amines is 1. The van der Waals surface area contributed by atoms with Gasteiger partial charge in [-0.25, -0.2) is 4.79 Å². The first kappa shape index (κ1) is 15.2. The molecule has 4 aromatic rings. The molecular formula is C20H16N2O3. The van der Waals surface area contributed by atoms with E-state index >= 15 is 0 Å². The third kappa shape index (κ3) is 2.50. The first-order valence-corrected chi connectivity index (χ1v) is 7.91. The number of fused-ring (bicyclic) bond motifs is 1. The lowest BCUT2D eigenvalue weighted by molar-refractivity contribution is 0.0697. The second-order valence-electron chi connectivity index (χ2n) is 6.06. The van der Waals surface area contributed by atoms with Crippen molar-refractivity contribution in [2.24, 2.45) is 0 Å². The minimum absolute atomic E-state index is 0.159. The summed E-state index contributed by atoms with van der Waals surface area (Å²) in [4.78, 5) is 18.5. The van der Waals surface area contributed by atoms with Crippen molar-refractivity contribution in [3.8, 4) is 22.7 Å². The van der Waals surface area contributed by atoms with Crippen LogP contribution in [0.3, 0.4) is 0 Å². The van der Waals surface area contributed by atoms with Gasteiger partial charge in [-0.2, -0.15) is 0 Å². The van der Waals surface area contributed by atoms with Crippen molar-refractivity contribution >= 4 is 16.9 Å². The highest BCUT2D eigenvalue weighted by molar-refractivity contribution is 5.95. The van der Waals surface area contributed by atoms with Crippen LogP contribution in [0.4, 0.5) is 0 Å². The molecule has 3 heterocycles. The van der Waals surface area contributed by atoms with Crippen molar-refractivity contribution in [2.45, 2.75) is 13.8 Å². The molecule has 2 N–H and O–H groups in total. The number of hydrogen-bond acceptors (Lipinski definition) is 3. The second-order valence-corrected chi connectivity index (χ2v) is 6.06. The van der Waals surface area contributed by atoms with Crippen LogP contribution in [0.5, 0.6) is 0 Å². The molecule has 0 fully saturated rings. The van der Waals surface area contributed by atoms with E-state index in [1.54, 1.807) is 12.3 Å². The van der Waals surface area contributed by atoms with E-state index in [0.29, 0.717) is 11.3 Å². The van der Waals surface area contributed by atoms with E-state index in [1.165, 1.54) is 6.20 Å². The number of hydrogen-bond donors (Lipinski definition) is 2. The molecule has 0 amide bonds. The highest BCUT2D eigenvalue weighted by Gasteiger charge is 2.15. The van der Waals surface area contributed by atoms with Crippen LogP contribution in [0.15, 0.2) is 53.2 Å². The first-order chi connectivity index (χ1) is 12.0. The standard InChI is InChI=1S/C20H16N2O3/c1-11-3-4-12(2)19-14(11)9-18(25-19)17-6-5-16(22-17)13-7-8-21-10-15(13)20(23)24/h3-10,22H,1-2H3,(H,23,24). The van der Waals surface area contributed by atoms with Gasteiger partial charge >= 0.3 is 5.97 Å². The molecule has 4 rings (SSSR count). The Kier molecular flexibility index (Phi) is 3.42. The molecule has 0 saturated heterocycles. The number of nitrogens with zero attached hydrogens (tertiary/aromatic N) is 1. The van der Waals surface area contributed by atoms with Gasteiger partial charge in [0.1, 0.15) is 5.58 Å². The Bertz CT molecular complexity index is 1070. The van der Waals surface area contributed by atoms with E-state index in [9.17, 15) is 9.90 Å². The topological polar surface area (TPSA) is 79.1 Å². The summed E-state index contributed by atoms with van der Waals surface area (Å²) in [5.74, 6) is -0.279. The van der Waals surface area contributed by atoms with Crippen molar-refractivity contribution < 1.29 is 14.3 Å². The van der Waals surface area contributed by atoms with Crippen LogP contribution in [-0.4, -0.2) is 21.0 Å². The second kappa shape index (κ2) is 5.63. The number of furan rings is 1. The molecule has 124 valence electrons. The Morgan fingerprint density at radius 1 is 1.08 bits per heavy atom. The Labute approximate surface area is 144 Å². The zero-order valence-corrected chi connectivity index (χ0v) is 13.8. The maximum atomic E-state index is 11.4. The Morgan fingerprint density at radius 2 is 1.84 bits per heavy atom. The van der Waals surface area contributed by atoms with Crippen LogP contribution < -0.4 is 0 Å². The molecule has 0 aliphatic rings. The molecular weight excluding hydrogens is 316 g/mol. The van der Waals surface area contributed by atoms with E-state index in [0.717, 1.165) is 33.6 Å². The summed E-state index contributed by atoms with van der Waals surface area (Å²) >= 11 is 0. The van der Waals surface area contributed by atoms with E-state index in [1.807, 2.05) is 31.2 Å². The quantitative estimate of drug-likeness (QED) is 0.564. The summed E-state index contributed by atoms with van der Waals surface area (Å²) in [7, 11) is 0. The Balaban J connectivity index is 1.82. The zero-order chi connectivity index (χ0) is 17.6. The molecule has 0 bridgehead atoms. The van der Waals surface area contributed by atoms with E-state index in [-0.39, 0.29) is 5.56 Å². The molecule has 5 nitrogen and oxygen atoms in total. The minimum atomic E-state index is -1.01. The maximum absolute atomic E-state index is 11.4. The van der Waals surface area contributed by atoms with E-state index in [4.69, 9.17) is 4.42 Å². The summed E-state index contributed by atoms with van der Waals surface area (Å²) in [6, 6.07) is 11.6. The summed E-state index contributed by atoms with van der Waals surface area (Å²) in [5.41, 5.74) is 5.39. The van der Waals surface area contributed by atoms with Crippen LogP contribution in [-0.2, 0) is 0 Å². The van der Waals surface area contributed by atoms with Gasteiger partial charge in [0.15, 0.2) is 5.76 Å². The number of aryl methyl sites for hydroxylation is 2. The van der Waals surface area contributed by atoms with Crippen LogP contribution >= 0.6 is 0 Å². The molecule has 3 aromatic heterocycles. The Morgan fingerprint density at radius 3 is 2.60 bits per heavy atom. The van der Waals surface area contributed by atoms with Crippen LogP contribution in [0, 0.1) is 13.8 Å². The molecule has 0 saturated carbocycles. The highest BCUT2D eigenvalue weighted by atomic mass is 16.4. The average Bonchev–Trinajstić information content (AvgIpc) is 3.25. The minimum Gasteiger partial charge on any atom is -0.478 e. The predicted octanol–water partition coefficient (Wildman–Crippen LogP) is 4.80. The normalized spacial score (nSPS) is 11.1. The average molecular weight is 332 g/mol. The molecule has 0 spiro atoms. The SMILES string of the molecule is Cc1ccc(C)c2oc(-c3ccc(-c4ccncc4C(=O)O)[nH]3)cc12. The van der Waals surface area contributed by atoms with Crippen molar-refractivity contribution in [1.29, 1.82) is 0 Å². The van der Waals surface area contributed by atoms with Gasteiger partial charge in [-0.1, -0.05) is 12.1 Å². The summed E-state index contributed by atoms with van der Waals surface area (Å²) < 4.78 is 6.03. The fourth-order valence-corrected chi connectivity index (χ4v) is 3.02. The molecule has 0 radical (unpaired) electrons. The predicted molar refractivity (Wildman–Crippen MR) is 95.7 cm³/mol. The maximum Gasteiger partial charge on any atom is 0.337 e. The van der Waals surface area contributed by atoms with Gasteiger partial charge in [0.2, 0.25) is 0 Å². The number of carboxylic acids is 1. The van der Waals surface area contributed by atoms with Crippen LogP contribution in [0.2, 0.25) is 0 Å². The number of aromatic nitrogens is 2. The molecule has 1 aromatic carbocycles. The number of aromatic carboxylic acids is 1. The fraction of sp³-hybridized carbons (Fsp3) is 0.100. The fourth-order valence-electron chi connectivity index (χ4n) is 3.02. The summed E-state index contributed by atoms with van der Waals surface area (Å²) in [6.45, 7) is 4.07. The number of benzene rings is 1. The summed E-state index contributed by atoms with van der Waals surface area (Å²) in [5, 5.41) is 10.4. The first-order valence-electron chi connectivity index (χ1n) is 7.91. The van der Waals surface area contributed by atoms with Gasteiger partial charge < -0.3 is 14.5 Å². The number of rotatable bonds is 3. The number of H-pyrrole nitrogens is 1. The van der Waals surface area contributed by atoms with Gasteiger partial charge in [-0.15, -0.1) is 0 Å². The van der Waals surface area contributed by atoms with Gasteiger partial charge in [-0.3, -0.25) is 4.98 Å². The van der Waals surface area contributed by atoms with Crippen molar-refractivity contribution in [2.75, 3.05) is 0 Å². The van der Waals surface area contributed by atoms with Crippen molar-refractivity contribution in [1.82, 2.24) is 9.97 Å². The highest BCUT2D eigenvalue weighted by Crippen LogP contribution is 2.33. The number of nitrogens with one attached hydrogen (secondary N) is 1. The lowest BCUT2D eigenvalue weighted by Crippen LogP contribution is -2.00. The van der Waals surface area contributed by atoms with Gasteiger partial charge in [0.05, 0.1) is 11.3 Å². The van der Waals surface area contributed by atoms with Crippen molar-refractivity contribution in [3.63, 3.8) is 0 Å². The molecule has 0 aliphatic heterocycles. The zero-order valence-electron chi connectivity index (χ0n) is 13.8. The third-order valence-corrected chi connectivity index (χ3v) is 4.39. The molecule has 0 aliphatic carbocycles. The number of pyridine rings is 1. The van der Waals surface area contributed by atoms with Crippen molar-refractivity contribution in [3.05, 3.63) is 65.5 Å². The van der Waals surface area contributed by atoms with E-state index < -0.39 is 5.97 Å². The largest absolute Gasteiger partial charge is 0.478 e. The summed E-state index contributed by atoms with van der Waals surface area (Å²) in [6.07, 6.45) is 2.93. The number of carboxylic acid groups (broad SMARTS) is 1. The monoisotopic (exact) mass is 332 g/mol. The third-order valence-electron chi connectivity index (χ3n) is 4.39. The van der Waals surface area contributed by atoms with Gasteiger partial charge in [0.25, 0.3) is 0 Å². The molecule has 0 atom stereocenters. The smallest absolute Gasteiger partial charge is 0.337 e. The lowest BCUT2D eigenvalue weighted by atomic mass is 10.1. The number of carbonyl (C=O) groups is 1. The molecule has 5 heteroatoms. The van der Waals surface area contributed by atoms with Gasteiger partial charge in [0, 0.05) is 29.0 Å². The van der Waals surface area contributed by atoms with Gasteiger partial charge in [-0.05, 0) is 49.2 Å².